The van der Waals surface area contributed by atoms with Gasteiger partial charge in [-0.2, -0.15) is 5.26 Å². The molecule has 0 atom stereocenters. The Balaban J connectivity index is 2.39. The van der Waals surface area contributed by atoms with Crippen molar-refractivity contribution >= 4 is 5.78 Å². The molecule has 0 aliphatic heterocycles. The highest BCUT2D eigenvalue weighted by molar-refractivity contribution is 6.01. The van der Waals surface area contributed by atoms with Gasteiger partial charge >= 0.3 is 0 Å². The number of ether oxygens (including phenoxy) is 1. The highest BCUT2D eigenvalue weighted by Gasteiger charge is 2.23. The van der Waals surface area contributed by atoms with E-state index in [1.165, 1.54) is 6.92 Å². The summed E-state index contributed by atoms with van der Waals surface area (Å²) < 4.78 is 6.55. The largest absolute Gasteiger partial charge is 0.494 e. The summed E-state index contributed by atoms with van der Waals surface area (Å²) in [5, 5.41) is 19.5. The number of Topliss-reactive ketones (excluding diaryl/α,β-unsaturated/α-hetero) is 1. The van der Waals surface area contributed by atoms with E-state index < -0.39 is 17.2 Å². The molecule has 1 heterocycles. The SMILES string of the molecule is CCn1c(O)c(C(=O)COc2cc(C)cc(C)c2)c(C)c(C#N)c1=O. The number of carbonyl (C=O) groups excluding carboxylic acids is 1. The fourth-order valence-corrected chi connectivity index (χ4v) is 2.82. The Bertz CT molecular complexity index is 916. The monoisotopic (exact) mass is 340 g/mol. The van der Waals surface area contributed by atoms with Crippen molar-refractivity contribution in [1.29, 1.82) is 5.26 Å². The zero-order valence-corrected chi connectivity index (χ0v) is 14.7. The summed E-state index contributed by atoms with van der Waals surface area (Å²) in [5.74, 6) is -0.377. The normalized spacial score (nSPS) is 10.4. The van der Waals surface area contributed by atoms with Gasteiger partial charge in [0.1, 0.15) is 17.4 Å². The number of aryl methyl sites for hydroxylation is 2. The van der Waals surface area contributed by atoms with Crippen molar-refractivity contribution in [2.75, 3.05) is 6.61 Å². The second kappa shape index (κ2) is 7.22. The number of nitriles is 1. The van der Waals surface area contributed by atoms with Crippen LogP contribution < -0.4 is 10.3 Å². The molecule has 0 aliphatic carbocycles. The van der Waals surface area contributed by atoms with Crippen molar-refractivity contribution in [3.8, 4) is 17.7 Å². The topological polar surface area (TPSA) is 92.3 Å². The lowest BCUT2D eigenvalue weighted by atomic mass is 10.0. The number of hydrogen-bond acceptors (Lipinski definition) is 5. The maximum Gasteiger partial charge on any atom is 0.271 e. The van der Waals surface area contributed by atoms with Crippen LogP contribution in [-0.2, 0) is 6.54 Å². The fourth-order valence-electron chi connectivity index (χ4n) is 2.82. The number of aromatic hydroxyl groups is 1. The molecule has 6 nitrogen and oxygen atoms in total. The van der Waals surface area contributed by atoms with Crippen LogP contribution in [0.1, 0.15) is 39.5 Å². The fraction of sp³-hybridized carbons (Fsp3) is 0.316. The van der Waals surface area contributed by atoms with Crippen LogP contribution in [0.4, 0.5) is 0 Å². The van der Waals surface area contributed by atoms with E-state index in [0.717, 1.165) is 15.7 Å². The second-order valence-electron chi connectivity index (χ2n) is 5.90. The Hall–Kier alpha value is -3.07. The number of pyridine rings is 1. The Morgan fingerprint density at radius 2 is 1.84 bits per heavy atom. The average Bonchev–Trinajstić information content (AvgIpc) is 2.53. The minimum atomic E-state index is -0.605. The summed E-state index contributed by atoms with van der Waals surface area (Å²) in [7, 11) is 0. The van der Waals surface area contributed by atoms with Crippen molar-refractivity contribution in [3.63, 3.8) is 0 Å². The van der Waals surface area contributed by atoms with Gasteiger partial charge in [-0.3, -0.25) is 14.2 Å². The van der Waals surface area contributed by atoms with Crippen LogP contribution in [0.3, 0.4) is 0 Å². The summed E-state index contributed by atoms with van der Waals surface area (Å²) in [5.41, 5.74) is 1.38. The van der Waals surface area contributed by atoms with E-state index in [0.29, 0.717) is 5.75 Å². The molecule has 6 heteroatoms. The summed E-state index contributed by atoms with van der Waals surface area (Å²) in [6, 6.07) is 7.41. The van der Waals surface area contributed by atoms with Gasteiger partial charge in [-0.1, -0.05) is 6.07 Å². The lowest BCUT2D eigenvalue weighted by Gasteiger charge is -2.14. The molecule has 2 rings (SSSR count). The van der Waals surface area contributed by atoms with Gasteiger partial charge in [-0.25, -0.2) is 0 Å². The summed E-state index contributed by atoms with van der Waals surface area (Å²) in [6.45, 7) is 6.82. The molecular weight excluding hydrogens is 320 g/mol. The van der Waals surface area contributed by atoms with E-state index in [1.54, 1.807) is 19.1 Å². The highest BCUT2D eigenvalue weighted by Crippen LogP contribution is 2.23. The summed E-state index contributed by atoms with van der Waals surface area (Å²) in [4.78, 5) is 24.7. The Labute approximate surface area is 145 Å². The van der Waals surface area contributed by atoms with Crippen molar-refractivity contribution in [3.05, 3.63) is 56.4 Å². The molecule has 25 heavy (non-hydrogen) atoms. The highest BCUT2D eigenvalue weighted by atomic mass is 16.5. The van der Waals surface area contributed by atoms with Crippen LogP contribution in [0.25, 0.3) is 0 Å². The van der Waals surface area contributed by atoms with E-state index in [-0.39, 0.29) is 29.8 Å². The standard InChI is InChI=1S/C19H20N2O4/c1-5-21-18(23)15(9-20)13(4)17(19(21)24)16(22)10-25-14-7-11(2)6-12(3)8-14/h6-8,24H,5,10H2,1-4H3. The maximum absolute atomic E-state index is 12.6. The summed E-state index contributed by atoms with van der Waals surface area (Å²) >= 11 is 0. The van der Waals surface area contributed by atoms with Crippen LogP contribution in [0.15, 0.2) is 23.0 Å². The van der Waals surface area contributed by atoms with Gasteiger partial charge in [0.05, 0.1) is 5.56 Å². The number of carbonyl (C=O) groups is 1. The van der Waals surface area contributed by atoms with E-state index >= 15 is 0 Å². The number of benzene rings is 1. The van der Waals surface area contributed by atoms with Crippen LogP contribution in [0.2, 0.25) is 0 Å². The smallest absolute Gasteiger partial charge is 0.271 e. The molecule has 0 saturated carbocycles. The van der Waals surface area contributed by atoms with Gasteiger partial charge in [-0.15, -0.1) is 0 Å². The predicted octanol–water partition coefficient (Wildman–Crippen LogP) is 2.63. The number of aromatic nitrogens is 1. The molecule has 0 bridgehead atoms. The van der Waals surface area contributed by atoms with E-state index in [2.05, 4.69) is 0 Å². The molecular formula is C19H20N2O4. The second-order valence-corrected chi connectivity index (χ2v) is 5.90. The Morgan fingerprint density at radius 3 is 2.36 bits per heavy atom. The van der Waals surface area contributed by atoms with Crippen LogP contribution in [0.5, 0.6) is 11.6 Å². The zero-order chi connectivity index (χ0) is 18.7. The summed E-state index contributed by atoms with van der Waals surface area (Å²) in [6.07, 6.45) is 0. The predicted molar refractivity (Wildman–Crippen MR) is 93.2 cm³/mol. The quantitative estimate of drug-likeness (QED) is 0.845. The molecule has 2 aromatic rings. The first-order chi connectivity index (χ1) is 11.8. The molecule has 1 N–H and O–H groups in total. The van der Waals surface area contributed by atoms with Crippen LogP contribution in [-0.4, -0.2) is 22.1 Å². The number of nitrogens with zero attached hydrogens (tertiary/aromatic N) is 2. The number of ketones is 1. The van der Waals surface area contributed by atoms with Crippen molar-refractivity contribution in [1.82, 2.24) is 4.57 Å². The number of rotatable bonds is 5. The van der Waals surface area contributed by atoms with E-state index in [9.17, 15) is 20.0 Å². The van der Waals surface area contributed by atoms with E-state index in [1.807, 2.05) is 26.0 Å². The lowest BCUT2D eigenvalue weighted by molar-refractivity contribution is 0.0916. The molecule has 0 fully saturated rings. The van der Waals surface area contributed by atoms with Gasteiger partial charge in [0.2, 0.25) is 11.7 Å². The first-order valence-corrected chi connectivity index (χ1v) is 7.90. The molecule has 130 valence electrons. The maximum atomic E-state index is 12.6. The van der Waals surface area contributed by atoms with Crippen molar-refractivity contribution in [2.24, 2.45) is 0 Å². The third-order valence-corrected chi connectivity index (χ3v) is 3.96. The average molecular weight is 340 g/mol. The minimum absolute atomic E-state index is 0.0534. The molecule has 0 unspecified atom stereocenters. The van der Waals surface area contributed by atoms with Crippen LogP contribution in [0, 0.1) is 32.1 Å². The van der Waals surface area contributed by atoms with Crippen molar-refractivity contribution in [2.45, 2.75) is 34.2 Å². The number of hydrogen-bond donors (Lipinski definition) is 1. The third-order valence-electron chi connectivity index (χ3n) is 3.96. The van der Waals surface area contributed by atoms with Crippen molar-refractivity contribution < 1.29 is 14.6 Å². The van der Waals surface area contributed by atoms with E-state index in [4.69, 9.17) is 4.74 Å². The molecule has 0 spiro atoms. The van der Waals surface area contributed by atoms with Crippen LogP contribution >= 0.6 is 0 Å². The molecule has 0 aliphatic rings. The first kappa shape index (κ1) is 18.3. The van der Waals surface area contributed by atoms with Gasteiger partial charge in [0, 0.05) is 6.54 Å². The van der Waals surface area contributed by atoms with Gasteiger partial charge in [0.15, 0.2) is 6.61 Å². The Kier molecular flexibility index (Phi) is 5.28. The van der Waals surface area contributed by atoms with Gasteiger partial charge < -0.3 is 9.84 Å². The molecule has 0 amide bonds. The lowest BCUT2D eigenvalue weighted by Crippen LogP contribution is -2.27. The minimum Gasteiger partial charge on any atom is -0.494 e. The Morgan fingerprint density at radius 1 is 1.24 bits per heavy atom. The van der Waals surface area contributed by atoms with Gasteiger partial charge in [-0.05, 0) is 56.5 Å². The molecule has 0 radical (unpaired) electrons. The molecule has 0 saturated heterocycles. The zero-order valence-electron chi connectivity index (χ0n) is 14.7. The third kappa shape index (κ3) is 3.56. The molecule has 1 aromatic heterocycles. The first-order valence-electron chi connectivity index (χ1n) is 7.90. The van der Waals surface area contributed by atoms with Gasteiger partial charge in [0.25, 0.3) is 5.56 Å². The molecule has 1 aromatic carbocycles.